The van der Waals surface area contributed by atoms with Crippen LogP contribution in [0.2, 0.25) is 0 Å². The number of aryl methyl sites for hydroxylation is 1. The van der Waals surface area contributed by atoms with E-state index in [0.29, 0.717) is 0 Å². The number of para-hydroxylation sites is 2. The van der Waals surface area contributed by atoms with Gasteiger partial charge in [-0.3, -0.25) is 0 Å². The molecule has 0 radical (unpaired) electrons. The number of rotatable bonds is 6. The first-order chi connectivity index (χ1) is 9.74. The summed E-state index contributed by atoms with van der Waals surface area (Å²) >= 11 is 0. The Balaban J connectivity index is 2.28. The molecule has 1 N–H and O–H groups in total. The molecule has 0 amide bonds. The summed E-state index contributed by atoms with van der Waals surface area (Å²) in [5.41, 5.74) is 2.38. The minimum absolute atomic E-state index is 0.733. The van der Waals surface area contributed by atoms with Crippen molar-refractivity contribution in [3.63, 3.8) is 0 Å². The first-order valence-corrected chi connectivity index (χ1v) is 6.85. The van der Waals surface area contributed by atoms with Crippen molar-refractivity contribution in [3.05, 3.63) is 53.6 Å². The quantitative estimate of drug-likeness (QED) is 0.864. The van der Waals surface area contributed by atoms with E-state index in [4.69, 9.17) is 9.47 Å². The fourth-order valence-corrected chi connectivity index (χ4v) is 2.03. The Morgan fingerprint density at radius 3 is 2.45 bits per heavy atom. The van der Waals surface area contributed by atoms with Gasteiger partial charge in [0, 0.05) is 12.1 Å². The number of benzene rings is 2. The van der Waals surface area contributed by atoms with Crippen LogP contribution in [0.3, 0.4) is 0 Å². The number of methoxy groups -OCH3 is 1. The Morgan fingerprint density at radius 1 is 1.00 bits per heavy atom. The zero-order valence-electron chi connectivity index (χ0n) is 12.3. The molecule has 2 aromatic carbocycles. The zero-order chi connectivity index (χ0) is 14.4. The highest BCUT2D eigenvalue weighted by Crippen LogP contribution is 2.33. The summed E-state index contributed by atoms with van der Waals surface area (Å²) in [6.45, 7) is 5.91. The molecule has 0 atom stereocenters. The summed E-state index contributed by atoms with van der Waals surface area (Å²) in [6, 6.07) is 13.9. The van der Waals surface area contributed by atoms with Gasteiger partial charge in [-0.25, -0.2) is 0 Å². The van der Waals surface area contributed by atoms with Crippen molar-refractivity contribution in [3.8, 4) is 17.2 Å². The highest BCUT2D eigenvalue weighted by Gasteiger charge is 2.08. The fourth-order valence-electron chi connectivity index (χ4n) is 2.03. The first-order valence-electron chi connectivity index (χ1n) is 6.85. The van der Waals surface area contributed by atoms with E-state index >= 15 is 0 Å². The van der Waals surface area contributed by atoms with E-state index in [1.807, 2.05) is 30.3 Å². The molecule has 0 aliphatic rings. The standard InChI is InChI=1S/C17H21NO2/c1-4-18-12-14-11-13(2)9-10-15(14)20-17-8-6-5-7-16(17)19-3/h5-11,18H,4,12H2,1-3H3. The van der Waals surface area contributed by atoms with Gasteiger partial charge in [-0.15, -0.1) is 0 Å². The van der Waals surface area contributed by atoms with Crippen molar-refractivity contribution in [2.24, 2.45) is 0 Å². The monoisotopic (exact) mass is 271 g/mol. The molecule has 0 bridgehead atoms. The largest absolute Gasteiger partial charge is 0.493 e. The molecule has 0 saturated heterocycles. The minimum Gasteiger partial charge on any atom is -0.493 e. The SMILES string of the molecule is CCNCc1cc(C)ccc1Oc1ccccc1OC. The molecule has 0 unspecified atom stereocenters. The van der Waals surface area contributed by atoms with Crippen LogP contribution in [0, 0.1) is 6.92 Å². The van der Waals surface area contributed by atoms with E-state index in [0.717, 1.165) is 35.9 Å². The van der Waals surface area contributed by atoms with Crippen LogP contribution in [-0.4, -0.2) is 13.7 Å². The van der Waals surface area contributed by atoms with Crippen LogP contribution < -0.4 is 14.8 Å². The molecule has 2 rings (SSSR count). The van der Waals surface area contributed by atoms with Crippen LogP contribution >= 0.6 is 0 Å². The molecule has 0 aromatic heterocycles. The second-order valence-corrected chi connectivity index (χ2v) is 4.64. The van der Waals surface area contributed by atoms with E-state index in [-0.39, 0.29) is 0 Å². The van der Waals surface area contributed by atoms with Crippen LogP contribution in [-0.2, 0) is 6.54 Å². The van der Waals surface area contributed by atoms with E-state index in [1.165, 1.54) is 5.56 Å². The van der Waals surface area contributed by atoms with Gasteiger partial charge in [0.25, 0.3) is 0 Å². The molecule has 3 nitrogen and oxygen atoms in total. The van der Waals surface area contributed by atoms with E-state index in [1.54, 1.807) is 7.11 Å². The number of hydrogen-bond donors (Lipinski definition) is 1. The van der Waals surface area contributed by atoms with Crippen molar-refractivity contribution in [2.75, 3.05) is 13.7 Å². The molecule has 0 aliphatic heterocycles. The normalized spacial score (nSPS) is 10.3. The van der Waals surface area contributed by atoms with Gasteiger partial charge in [-0.1, -0.05) is 36.8 Å². The lowest BCUT2D eigenvalue weighted by atomic mass is 10.1. The van der Waals surface area contributed by atoms with Gasteiger partial charge in [0.1, 0.15) is 5.75 Å². The smallest absolute Gasteiger partial charge is 0.169 e. The Bertz CT molecular complexity index is 567. The summed E-state index contributed by atoms with van der Waals surface area (Å²) in [6.07, 6.45) is 0. The maximum atomic E-state index is 6.02. The maximum absolute atomic E-state index is 6.02. The second-order valence-electron chi connectivity index (χ2n) is 4.64. The van der Waals surface area contributed by atoms with Crippen LogP contribution in [0.1, 0.15) is 18.1 Å². The Kier molecular flexibility index (Phi) is 5.02. The van der Waals surface area contributed by atoms with Crippen molar-refractivity contribution in [1.82, 2.24) is 5.32 Å². The molecule has 0 heterocycles. The summed E-state index contributed by atoms with van der Waals surface area (Å²) in [4.78, 5) is 0. The van der Waals surface area contributed by atoms with Crippen molar-refractivity contribution in [1.29, 1.82) is 0 Å². The third-order valence-electron chi connectivity index (χ3n) is 3.07. The van der Waals surface area contributed by atoms with Gasteiger partial charge in [0.05, 0.1) is 7.11 Å². The van der Waals surface area contributed by atoms with E-state index in [9.17, 15) is 0 Å². The Morgan fingerprint density at radius 2 is 1.75 bits per heavy atom. The van der Waals surface area contributed by atoms with Crippen molar-refractivity contribution < 1.29 is 9.47 Å². The first kappa shape index (κ1) is 14.4. The Labute approximate surface area is 120 Å². The third kappa shape index (κ3) is 3.52. The number of nitrogens with one attached hydrogen (secondary N) is 1. The molecular weight excluding hydrogens is 250 g/mol. The summed E-state index contributed by atoms with van der Waals surface area (Å²) in [7, 11) is 1.65. The van der Waals surface area contributed by atoms with E-state index < -0.39 is 0 Å². The topological polar surface area (TPSA) is 30.5 Å². The molecule has 0 aliphatic carbocycles. The zero-order valence-corrected chi connectivity index (χ0v) is 12.3. The molecule has 3 heteroatoms. The average Bonchev–Trinajstić information content (AvgIpc) is 2.48. The minimum atomic E-state index is 0.733. The van der Waals surface area contributed by atoms with E-state index in [2.05, 4.69) is 31.3 Å². The fraction of sp³-hybridized carbons (Fsp3) is 0.294. The second kappa shape index (κ2) is 6.96. The lowest BCUT2D eigenvalue weighted by Gasteiger charge is -2.14. The summed E-state index contributed by atoms with van der Waals surface area (Å²) in [5, 5.41) is 3.34. The molecular formula is C17H21NO2. The van der Waals surface area contributed by atoms with Crippen LogP contribution in [0.4, 0.5) is 0 Å². The van der Waals surface area contributed by atoms with Crippen molar-refractivity contribution in [2.45, 2.75) is 20.4 Å². The van der Waals surface area contributed by atoms with Gasteiger partial charge < -0.3 is 14.8 Å². The lowest BCUT2D eigenvalue weighted by Crippen LogP contribution is -2.12. The molecule has 0 fully saturated rings. The average molecular weight is 271 g/mol. The van der Waals surface area contributed by atoms with Gasteiger partial charge in [-0.05, 0) is 31.7 Å². The van der Waals surface area contributed by atoms with Gasteiger partial charge in [0.15, 0.2) is 11.5 Å². The molecule has 20 heavy (non-hydrogen) atoms. The maximum Gasteiger partial charge on any atom is 0.169 e. The molecule has 0 spiro atoms. The van der Waals surface area contributed by atoms with Crippen molar-refractivity contribution >= 4 is 0 Å². The molecule has 106 valence electrons. The molecule has 2 aromatic rings. The van der Waals surface area contributed by atoms with Gasteiger partial charge in [0.2, 0.25) is 0 Å². The predicted octanol–water partition coefficient (Wildman–Crippen LogP) is 3.91. The lowest BCUT2D eigenvalue weighted by molar-refractivity contribution is 0.377. The van der Waals surface area contributed by atoms with Crippen LogP contribution in [0.25, 0.3) is 0 Å². The van der Waals surface area contributed by atoms with Gasteiger partial charge in [-0.2, -0.15) is 0 Å². The Hall–Kier alpha value is -2.00. The summed E-state index contributed by atoms with van der Waals surface area (Å²) in [5.74, 6) is 2.33. The summed E-state index contributed by atoms with van der Waals surface area (Å²) < 4.78 is 11.3. The highest BCUT2D eigenvalue weighted by molar-refractivity contribution is 5.45. The highest BCUT2D eigenvalue weighted by atomic mass is 16.5. The number of ether oxygens (including phenoxy) is 2. The molecule has 0 saturated carbocycles. The third-order valence-corrected chi connectivity index (χ3v) is 3.07. The van der Waals surface area contributed by atoms with Crippen LogP contribution in [0.5, 0.6) is 17.2 Å². The predicted molar refractivity (Wildman–Crippen MR) is 81.6 cm³/mol. The van der Waals surface area contributed by atoms with Crippen LogP contribution in [0.15, 0.2) is 42.5 Å². The van der Waals surface area contributed by atoms with Gasteiger partial charge >= 0.3 is 0 Å². The number of hydrogen-bond acceptors (Lipinski definition) is 3.